The Morgan fingerprint density at radius 1 is 1.08 bits per heavy atom. The summed E-state index contributed by atoms with van der Waals surface area (Å²) >= 11 is 0. The zero-order valence-electron chi connectivity index (χ0n) is 13.9. The maximum atomic E-state index is 14.1. The van der Waals surface area contributed by atoms with E-state index in [2.05, 4.69) is 20.4 Å². The van der Waals surface area contributed by atoms with Crippen LogP contribution in [0.1, 0.15) is 32.0 Å². The average molecular weight is 339 g/mol. The predicted octanol–water partition coefficient (Wildman–Crippen LogP) is 3.98. The van der Waals surface area contributed by atoms with Gasteiger partial charge in [-0.05, 0) is 40.8 Å². The monoisotopic (exact) mass is 339 g/mol. The van der Waals surface area contributed by atoms with E-state index >= 15 is 0 Å². The number of benzene rings is 1. The van der Waals surface area contributed by atoms with Gasteiger partial charge in [0.2, 0.25) is 11.9 Å². The van der Waals surface area contributed by atoms with Crippen LogP contribution in [0.5, 0.6) is 0 Å². The van der Waals surface area contributed by atoms with Crippen molar-refractivity contribution in [3.05, 3.63) is 53.5 Å². The molecule has 1 N–H and O–H groups in total. The normalized spacial score (nSPS) is 11.4. The van der Waals surface area contributed by atoms with Gasteiger partial charge in [0, 0.05) is 11.1 Å². The Bertz CT molecular complexity index is 980. The number of pyridine rings is 1. The minimum atomic E-state index is -0.891. The summed E-state index contributed by atoms with van der Waals surface area (Å²) in [5.74, 6) is -1.77. The quantitative estimate of drug-likeness (QED) is 0.716. The van der Waals surface area contributed by atoms with E-state index in [1.807, 2.05) is 39.0 Å². The number of nitriles is 1. The van der Waals surface area contributed by atoms with Crippen molar-refractivity contribution in [1.82, 2.24) is 20.4 Å². The first kappa shape index (κ1) is 16.7. The van der Waals surface area contributed by atoms with Gasteiger partial charge in [0.15, 0.2) is 5.69 Å². The summed E-state index contributed by atoms with van der Waals surface area (Å²) in [5, 5.41) is 19.3. The Labute approximate surface area is 143 Å². The van der Waals surface area contributed by atoms with Crippen LogP contribution < -0.4 is 0 Å². The number of aromatic nitrogens is 4. The van der Waals surface area contributed by atoms with E-state index in [-0.39, 0.29) is 16.7 Å². The molecule has 7 heteroatoms. The van der Waals surface area contributed by atoms with E-state index in [0.717, 1.165) is 11.6 Å². The SMILES string of the molecule is CC(C)(C)c1cc(-c2ccc(F)nc2F)cc(-c2nn[nH]c2C#N)c1. The lowest BCUT2D eigenvalue weighted by Crippen LogP contribution is -2.11. The second-order valence-electron chi connectivity index (χ2n) is 6.67. The number of nitrogens with zero attached hydrogens (tertiary/aromatic N) is 4. The Morgan fingerprint density at radius 3 is 2.44 bits per heavy atom. The number of rotatable bonds is 2. The first-order chi connectivity index (χ1) is 11.8. The number of halogens is 2. The smallest absolute Gasteiger partial charge is 0.223 e. The molecule has 0 fully saturated rings. The van der Waals surface area contributed by atoms with Gasteiger partial charge >= 0.3 is 0 Å². The Kier molecular flexibility index (Phi) is 4.05. The van der Waals surface area contributed by atoms with Gasteiger partial charge in [-0.3, -0.25) is 0 Å². The summed E-state index contributed by atoms with van der Waals surface area (Å²) in [4.78, 5) is 3.25. The highest BCUT2D eigenvalue weighted by Crippen LogP contribution is 2.34. The van der Waals surface area contributed by atoms with Crippen molar-refractivity contribution in [2.45, 2.75) is 26.2 Å². The first-order valence-electron chi connectivity index (χ1n) is 7.59. The minimum absolute atomic E-state index is 0.177. The topological polar surface area (TPSA) is 78.2 Å². The van der Waals surface area contributed by atoms with Crippen LogP contribution >= 0.6 is 0 Å². The lowest BCUT2D eigenvalue weighted by molar-refractivity contribution is 0.515. The van der Waals surface area contributed by atoms with Gasteiger partial charge in [0.25, 0.3) is 0 Å². The van der Waals surface area contributed by atoms with Crippen molar-refractivity contribution in [3.8, 4) is 28.5 Å². The largest absolute Gasteiger partial charge is 0.247 e. The summed E-state index contributed by atoms with van der Waals surface area (Å²) < 4.78 is 27.3. The Hall–Kier alpha value is -3.14. The van der Waals surface area contributed by atoms with Crippen molar-refractivity contribution < 1.29 is 8.78 Å². The van der Waals surface area contributed by atoms with Crippen molar-refractivity contribution >= 4 is 0 Å². The summed E-state index contributed by atoms with van der Waals surface area (Å²) in [7, 11) is 0. The van der Waals surface area contributed by atoms with E-state index in [0.29, 0.717) is 16.8 Å². The maximum Gasteiger partial charge on any atom is 0.223 e. The van der Waals surface area contributed by atoms with E-state index < -0.39 is 11.9 Å². The van der Waals surface area contributed by atoms with E-state index in [1.165, 1.54) is 6.07 Å². The molecule has 126 valence electrons. The molecule has 0 aliphatic rings. The van der Waals surface area contributed by atoms with Gasteiger partial charge in [-0.2, -0.15) is 19.0 Å². The van der Waals surface area contributed by atoms with Gasteiger partial charge in [-0.1, -0.05) is 32.1 Å². The molecule has 25 heavy (non-hydrogen) atoms. The predicted molar refractivity (Wildman–Crippen MR) is 88.4 cm³/mol. The van der Waals surface area contributed by atoms with Crippen LogP contribution in [0.4, 0.5) is 8.78 Å². The van der Waals surface area contributed by atoms with Gasteiger partial charge in [-0.25, -0.2) is 5.10 Å². The number of hydrogen-bond donors (Lipinski definition) is 1. The second-order valence-corrected chi connectivity index (χ2v) is 6.67. The summed E-state index contributed by atoms with van der Waals surface area (Å²) in [6.45, 7) is 6.05. The molecular weight excluding hydrogens is 324 g/mol. The van der Waals surface area contributed by atoms with Crippen LogP contribution in [0.2, 0.25) is 0 Å². The summed E-state index contributed by atoms with van der Waals surface area (Å²) in [6.07, 6.45) is 0. The first-order valence-corrected chi connectivity index (χ1v) is 7.59. The minimum Gasteiger partial charge on any atom is -0.247 e. The third kappa shape index (κ3) is 3.24. The van der Waals surface area contributed by atoms with Crippen molar-refractivity contribution in [2.75, 3.05) is 0 Å². The molecular formula is C18H15F2N5. The molecule has 0 spiro atoms. The van der Waals surface area contributed by atoms with Crippen molar-refractivity contribution in [1.29, 1.82) is 5.26 Å². The third-order valence-electron chi connectivity index (χ3n) is 3.86. The lowest BCUT2D eigenvalue weighted by atomic mass is 9.84. The molecule has 0 amide bonds. The molecule has 3 rings (SSSR count). The molecule has 0 unspecified atom stereocenters. The molecule has 2 aromatic heterocycles. The van der Waals surface area contributed by atoms with Crippen LogP contribution in [0, 0.1) is 23.2 Å². The molecule has 0 saturated carbocycles. The molecule has 0 bridgehead atoms. The molecule has 2 heterocycles. The lowest BCUT2D eigenvalue weighted by Gasteiger charge is -2.21. The molecule has 0 radical (unpaired) electrons. The number of hydrogen-bond acceptors (Lipinski definition) is 4. The van der Waals surface area contributed by atoms with Gasteiger partial charge in [-0.15, -0.1) is 5.10 Å². The molecule has 0 saturated heterocycles. The zero-order chi connectivity index (χ0) is 18.2. The van der Waals surface area contributed by atoms with E-state index in [1.54, 1.807) is 6.07 Å². The Balaban J connectivity index is 2.26. The molecule has 3 aromatic rings. The van der Waals surface area contributed by atoms with Crippen LogP contribution in [-0.2, 0) is 5.41 Å². The van der Waals surface area contributed by atoms with Crippen molar-refractivity contribution in [3.63, 3.8) is 0 Å². The molecule has 5 nitrogen and oxygen atoms in total. The maximum absolute atomic E-state index is 14.1. The van der Waals surface area contributed by atoms with Crippen molar-refractivity contribution in [2.24, 2.45) is 0 Å². The van der Waals surface area contributed by atoms with Gasteiger partial charge < -0.3 is 0 Å². The standard InChI is InChI=1S/C18H15F2N5/c1-18(2,3)12-7-10(13-4-5-15(19)22-17(13)20)6-11(8-12)16-14(9-21)23-25-24-16/h4-8H,1-3H3,(H,23,24,25). The zero-order valence-corrected chi connectivity index (χ0v) is 13.9. The van der Waals surface area contributed by atoms with Crippen LogP contribution in [0.25, 0.3) is 22.4 Å². The average Bonchev–Trinajstić information content (AvgIpc) is 3.02. The second kappa shape index (κ2) is 6.06. The summed E-state index contributed by atoms with van der Waals surface area (Å²) in [5.41, 5.74) is 2.60. The molecule has 0 aliphatic carbocycles. The third-order valence-corrected chi connectivity index (χ3v) is 3.86. The fraction of sp³-hybridized carbons (Fsp3) is 0.222. The van der Waals surface area contributed by atoms with Gasteiger partial charge in [0.05, 0.1) is 0 Å². The number of nitrogens with one attached hydrogen (secondary N) is 1. The molecule has 0 aliphatic heterocycles. The highest BCUT2D eigenvalue weighted by atomic mass is 19.1. The fourth-order valence-corrected chi connectivity index (χ4v) is 2.49. The number of aromatic amines is 1. The molecule has 0 atom stereocenters. The Morgan fingerprint density at radius 2 is 1.80 bits per heavy atom. The highest BCUT2D eigenvalue weighted by Gasteiger charge is 2.20. The summed E-state index contributed by atoms with van der Waals surface area (Å²) in [6, 6.07) is 9.85. The van der Waals surface area contributed by atoms with Crippen LogP contribution in [0.3, 0.4) is 0 Å². The fourth-order valence-electron chi connectivity index (χ4n) is 2.49. The van der Waals surface area contributed by atoms with E-state index in [4.69, 9.17) is 0 Å². The highest BCUT2D eigenvalue weighted by molar-refractivity contribution is 5.74. The van der Waals surface area contributed by atoms with Crippen LogP contribution in [0.15, 0.2) is 30.3 Å². The molecule has 1 aromatic carbocycles. The van der Waals surface area contributed by atoms with E-state index in [9.17, 15) is 14.0 Å². The van der Waals surface area contributed by atoms with Gasteiger partial charge in [0.1, 0.15) is 11.8 Å². The van der Waals surface area contributed by atoms with Crippen LogP contribution in [-0.4, -0.2) is 20.4 Å². The number of H-pyrrole nitrogens is 1.